The van der Waals surface area contributed by atoms with Gasteiger partial charge in [-0.15, -0.1) is 0 Å². The van der Waals surface area contributed by atoms with Crippen LogP contribution in [0.15, 0.2) is 18.2 Å². The van der Waals surface area contributed by atoms with E-state index in [2.05, 4.69) is 0 Å². The van der Waals surface area contributed by atoms with Crippen molar-refractivity contribution in [3.63, 3.8) is 0 Å². The molecule has 3 heteroatoms. The summed E-state index contributed by atoms with van der Waals surface area (Å²) in [6.07, 6.45) is 1.04. The summed E-state index contributed by atoms with van der Waals surface area (Å²) < 4.78 is 13.4. The second kappa shape index (κ2) is 4.96. The van der Waals surface area contributed by atoms with Crippen LogP contribution >= 0.6 is 11.6 Å². The van der Waals surface area contributed by atoms with E-state index in [1.54, 1.807) is 0 Å². The maximum atomic E-state index is 13.4. The van der Waals surface area contributed by atoms with Gasteiger partial charge in [-0.1, -0.05) is 38.4 Å². The molecule has 0 unspecified atom stereocenters. The molecule has 0 spiro atoms. The van der Waals surface area contributed by atoms with Crippen LogP contribution in [0.3, 0.4) is 0 Å². The van der Waals surface area contributed by atoms with Crippen LogP contribution in [0.5, 0.6) is 0 Å². The summed E-state index contributed by atoms with van der Waals surface area (Å²) in [5.41, 5.74) is 0.0846. The monoisotopic (exact) mass is 242 g/mol. The van der Waals surface area contributed by atoms with Gasteiger partial charge in [0.1, 0.15) is 5.82 Å². The second-order valence-corrected chi connectivity index (χ2v) is 5.49. The van der Waals surface area contributed by atoms with E-state index in [0.29, 0.717) is 6.42 Å². The van der Waals surface area contributed by atoms with Gasteiger partial charge in [-0.3, -0.25) is 4.79 Å². The standard InChI is InChI=1S/C13H16ClFO/c1-13(2,3)8-7-11(16)12-9(14)5-4-6-10(12)15/h4-6H,7-8H2,1-3H3. The molecule has 88 valence electrons. The Bertz CT molecular complexity index is 373. The third kappa shape index (κ3) is 3.60. The SMILES string of the molecule is CC(C)(C)CCC(=O)c1c(F)cccc1Cl. The summed E-state index contributed by atoms with van der Waals surface area (Å²) in [4.78, 5) is 11.8. The predicted molar refractivity (Wildman–Crippen MR) is 64.4 cm³/mol. The van der Waals surface area contributed by atoms with Crippen molar-refractivity contribution >= 4 is 17.4 Å². The first-order valence-corrected chi connectivity index (χ1v) is 5.66. The van der Waals surface area contributed by atoms with E-state index in [1.807, 2.05) is 20.8 Å². The molecule has 0 aliphatic heterocycles. The predicted octanol–water partition coefficient (Wildman–Crippen LogP) is 4.49. The number of Topliss-reactive ketones (excluding diaryl/α,β-unsaturated/α-hetero) is 1. The Balaban J connectivity index is 2.81. The van der Waals surface area contributed by atoms with E-state index >= 15 is 0 Å². The molecule has 0 aliphatic rings. The summed E-state index contributed by atoms with van der Waals surface area (Å²) >= 11 is 5.81. The van der Waals surface area contributed by atoms with Crippen molar-refractivity contribution in [3.05, 3.63) is 34.6 Å². The maximum absolute atomic E-state index is 13.4. The van der Waals surface area contributed by atoms with Crippen LogP contribution in [0.1, 0.15) is 44.0 Å². The van der Waals surface area contributed by atoms with Crippen molar-refractivity contribution in [1.82, 2.24) is 0 Å². The quantitative estimate of drug-likeness (QED) is 0.714. The lowest BCUT2D eigenvalue weighted by molar-refractivity contribution is 0.0962. The lowest BCUT2D eigenvalue weighted by Gasteiger charge is -2.17. The maximum Gasteiger partial charge on any atom is 0.167 e. The fourth-order valence-electron chi connectivity index (χ4n) is 1.38. The van der Waals surface area contributed by atoms with E-state index in [0.717, 1.165) is 6.42 Å². The highest BCUT2D eigenvalue weighted by atomic mass is 35.5. The Kier molecular flexibility index (Phi) is 4.09. The average Bonchev–Trinajstić information content (AvgIpc) is 2.13. The molecule has 0 bridgehead atoms. The van der Waals surface area contributed by atoms with Crippen LogP contribution in [0.4, 0.5) is 4.39 Å². The molecule has 1 rings (SSSR count). The van der Waals surface area contributed by atoms with Crippen LogP contribution in [-0.4, -0.2) is 5.78 Å². The molecule has 1 aromatic rings. The zero-order valence-corrected chi connectivity index (χ0v) is 10.6. The molecular weight excluding hydrogens is 227 g/mol. The molecule has 0 amide bonds. The number of hydrogen-bond acceptors (Lipinski definition) is 1. The van der Waals surface area contributed by atoms with Gasteiger partial charge in [0, 0.05) is 6.42 Å². The van der Waals surface area contributed by atoms with Crippen LogP contribution in [-0.2, 0) is 0 Å². The van der Waals surface area contributed by atoms with E-state index in [1.165, 1.54) is 18.2 Å². The van der Waals surface area contributed by atoms with Gasteiger partial charge in [-0.05, 0) is 24.0 Å². The van der Waals surface area contributed by atoms with Crippen molar-refractivity contribution in [3.8, 4) is 0 Å². The zero-order valence-electron chi connectivity index (χ0n) is 9.81. The number of carbonyl (C=O) groups excluding carboxylic acids is 1. The molecule has 0 fully saturated rings. The van der Waals surface area contributed by atoms with E-state index in [9.17, 15) is 9.18 Å². The van der Waals surface area contributed by atoms with Crippen molar-refractivity contribution in [2.45, 2.75) is 33.6 Å². The topological polar surface area (TPSA) is 17.1 Å². The van der Waals surface area contributed by atoms with Gasteiger partial charge >= 0.3 is 0 Å². The zero-order chi connectivity index (χ0) is 12.3. The average molecular weight is 243 g/mol. The molecule has 0 atom stereocenters. The van der Waals surface area contributed by atoms with Crippen LogP contribution in [0.2, 0.25) is 5.02 Å². The lowest BCUT2D eigenvalue weighted by atomic mass is 9.88. The third-order valence-corrected chi connectivity index (χ3v) is 2.66. The van der Waals surface area contributed by atoms with Gasteiger partial charge in [0.25, 0.3) is 0 Å². The largest absolute Gasteiger partial charge is 0.294 e. The summed E-state index contributed by atoms with van der Waals surface area (Å²) in [5, 5.41) is 0.193. The second-order valence-electron chi connectivity index (χ2n) is 5.08. The first-order chi connectivity index (χ1) is 7.31. The summed E-state index contributed by atoms with van der Waals surface area (Å²) in [6.45, 7) is 6.13. The highest BCUT2D eigenvalue weighted by Crippen LogP contribution is 2.25. The van der Waals surface area contributed by atoms with Crippen molar-refractivity contribution in [2.24, 2.45) is 5.41 Å². The fraction of sp³-hybridized carbons (Fsp3) is 0.462. The molecule has 0 heterocycles. The summed E-state index contributed by atoms with van der Waals surface area (Å²) in [6, 6.07) is 4.30. The normalized spacial score (nSPS) is 11.6. The number of benzene rings is 1. The summed E-state index contributed by atoms with van der Waals surface area (Å²) in [7, 11) is 0. The van der Waals surface area contributed by atoms with Crippen LogP contribution in [0.25, 0.3) is 0 Å². The van der Waals surface area contributed by atoms with Crippen molar-refractivity contribution in [1.29, 1.82) is 0 Å². The Hall–Kier alpha value is -0.890. The van der Waals surface area contributed by atoms with Gasteiger partial charge in [0.15, 0.2) is 5.78 Å². The van der Waals surface area contributed by atoms with Crippen LogP contribution < -0.4 is 0 Å². The van der Waals surface area contributed by atoms with Gasteiger partial charge in [-0.25, -0.2) is 4.39 Å². The minimum absolute atomic E-state index is 0.0217. The van der Waals surface area contributed by atoms with E-state index in [4.69, 9.17) is 11.6 Å². The van der Waals surface area contributed by atoms with Gasteiger partial charge < -0.3 is 0 Å². The number of hydrogen-bond donors (Lipinski definition) is 0. The fourth-order valence-corrected chi connectivity index (χ4v) is 1.65. The smallest absolute Gasteiger partial charge is 0.167 e. The van der Waals surface area contributed by atoms with Gasteiger partial charge in [0.2, 0.25) is 0 Å². The molecule has 1 aromatic carbocycles. The lowest BCUT2D eigenvalue weighted by Crippen LogP contribution is -2.10. The molecule has 0 N–H and O–H groups in total. The van der Waals surface area contributed by atoms with Gasteiger partial charge in [-0.2, -0.15) is 0 Å². The van der Waals surface area contributed by atoms with Crippen molar-refractivity contribution in [2.75, 3.05) is 0 Å². The van der Waals surface area contributed by atoms with Crippen LogP contribution in [0, 0.1) is 11.2 Å². The highest BCUT2D eigenvalue weighted by Gasteiger charge is 2.18. The Morgan fingerprint density at radius 1 is 1.38 bits per heavy atom. The molecule has 0 radical (unpaired) electrons. The molecule has 0 saturated heterocycles. The Morgan fingerprint density at radius 3 is 2.50 bits per heavy atom. The van der Waals surface area contributed by atoms with E-state index < -0.39 is 5.82 Å². The number of rotatable bonds is 3. The molecule has 16 heavy (non-hydrogen) atoms. The molecular formula is C13H16ClFO. The number of ketones is 1. The molecule has 0 aliphatic carbocycles. The first-order valence-electron chi connectivity index (χ1n) is 5.28. The Morgan fingerprint density at radius 2 is 2.00 bits per heavy atom. The molecule has 0 saturated carbocycles. The summed E-state index contributed by atoms with van der Waals surface area (Å²) in [5.74, 6) is -0.760. The number of halogens is 2. The van der Waals surface area contributed by atoms with Gasteiger partial charge in [0.05, 0.1) is 10.6 Å². The third-order valence-electron chi connectivity index (χ3n) is 2.34. The van der Waals surface area contributed by atoms with E-state index in [-0.39, 0.29) is 21.8 Å². The number of carbonyl (C=O) groups is 1. The van der Waals surface area contributed by atoms with Crippen molar-refractivity contribution < 1.29 is 9.18 Å². The first kappa shape index (κ1) is 13.2. The highest BCUT2D eigenvalue weighted by molar-refractivity contribution is 6.34. The minimum Gasteiger partial charge on any atom is -0.294 e. The minimum atomic E-state index is -0.536. The molecule has 0 aromatic heterocycles. The Labute approximate surface area is 101 Å². The molecule has 1 nitrogen and oxygen atoms in total.